The Labute approximate surface area is 154 Å². The molecule has 0 bridgehead atoms. The van der Waals surface area contributed by atoms with E-state index in [4.69, 9.17) is 4.74 Å². The molecule has 0 saturated heterocycles. The van der Waals surface area contributed by atoms with Gasteiger partial charge in [-0.2, -0.15) is 0 Å². The van der Waals surface area contributed by atoms with E-state index in [-0.39, 0.29) is 0 Å². The van der Waals surface area contributed by atoms with Crippen LogP contribution in [0.3, 0.4) is 0 Å². The molecule has 6 heteroatoms. The number of rotatable bonds is 9. The van der Waals surface area contributed by atoms with Gasteiger partial charge in [0.15, 0.2) is 5.96 Å². The molecule has 2 rings (SSSR count). The Bertz CT molecular complexity index is 652. The van der Waals surface area contributed by atoms with Gasteiger partial charge in [-0.15, -0.1) is 11.3 Å². The molecule has 136 valence electrons. The maximum absolute atomic E-state index is 5.18. The van der Waals surface area contributed by atoms with Gasteiger partial charge in [0.2, 0.25) is 0 Å². The largest absolute Gasteiger partial charge is 0.497 e. The van der Waals surface area contributed by atoms with Crippen LogP contribution in [0.25, 0.3) is 0 Å². The fraction of sp³-hybridized carbons (Fsp3) is 0.474. The molecule has 2 N–H and O–H groups in total. The number of aromatic nitrogens is 1. The normalized spacial score (nSPS) is 11.4. The first kappa shape index (κ1) is 19.2. The summed E-state index contributed by atoms with van der Waals surface area (Å²) >= 11 is 1.79. The third kappa shape index (κ3) is 6.74. The minimum absolute atomic E-state index is 0.842. The maximum atomic E-state index is 5.18. The van der Waals surface area contributed by atoms with E-state index in [2.05, 4.69) is 39.7 Å². The number of nitrogens with zero attached hydrogens (tertiary/aromatic N) is 2. The Morgan fingerprint density at radius 3 is 2.56 bits per heavy atom. The Kier molecular flexibility index (Phi) is 8.25. The summed E-state index contributed by atoms with van der Waals surface area (Å²) in [6.45, 7) is 3.89. The molecule has 1 aromatic heterocycles. The van der Waals surface area contributed by atoms with Crippen LogP contribution in [0.1, 0.15) is 28.8 Å². The van der Waals surface area contributed by atoms with Crippen LogP contribution in [-0.2, 0) is 19.3 Å². The number of ether oxygens (including phenoxy) is 1. The van der Waals surface area contributed by atoms with E-state index in [1.807, 2.05) is 18.3 Å². The molecule has 5 nitrogen and oxygen atoms in total. The lowest BCUT2D eigenvalue weighted by molar-refractivity contribution is 0.414. The summed E-state index contributed by atoms with van der Waals surface area (Å²) < 4.78 is 5.18. The van der Waals surface area contributed by atoms with Crippen molar-refractivity contribution in [1.82, 2.24) is 15.6 Å². The molecule has 1 heterocycles. The van der Waals surface area contributed by atoms with Gasteiger partial charge >= 0.3 is 0 Å². The van der Waals surface area contributed by atoms with Crippen molar-refractivity contribution in [3.63, 3.8) is 0 Å². The topological polar surface area (TPSA) is 58.5 Å². The van der Waals surface area contributed by atoms with Crippen molar-refractivity contribution in [2.75, 3.05) is 27.2 Å². The van der Waals surface area contributed by atoms with Gasteiger partial charge in [0, 0.05) is 37.6 Å². The Morgan fingerprint density at radius 1 is 1.16 bits per heavy atom. The van der Waals surface area contributed by atoms with Crippen molar-refractivity contribution in [2.45, 2.75) is 32.6 Å². The van der Waals surface area contributed by atoms with Crippen molar-refractivity contribution in [3.8, 4) is 5.75 Å². The monoisotopic (exact) mass is 360 g/mol. The molecule has 0 fully saturated rings. The van der Waals surface area contributed by atoms with Crippen LogP contribution in [-0.4, -0.2) is 38.2 Å². The van der Waals surface area contributed by atoms with Gasteiger partial charge in [-0.25, -0.2) is 4.98 Å². The van der Waals surface area contributed by atoms with Crippen molar-refractivity contribution >= 4 is 17.3 Å². The molecular weight excluding hydrogens is 332 g/mol. The number of hydrogen-bond acceptors (Lipinski definition) is 4. The average molecular weight is 361 g/mol. The zero-order valence-electron chi connectivity index (χ0n) is 15.3. The molecule has 0 aliphatic carbocycles. The number of aryl methyl sites for hydroxylation is 2. The Morgan fingerprint density at radius 2 is 1.92 bits per heavy atom. The molecule has 2 aromatic rings. The lowest BCUT2D eigenvalue weighted by atomic mass is 10.1. The molecular formula is C19H28N4OS. The highest BCUT2D eigenvalue weighted by atomic mass is 32.1. The summed E-state index contributed by atoms with van der Waals surface area (Å²) in [7, 11) is 3.49. The number of aliphatic imine (C=N–C) groups is 1. The molecule has 0 amide bonds. The average Bonchev–Trinajstić information content (AvgIpc) is 3.12. The van der Waals surface area contributed by atoms with Gasteiger partial charge in [-0.05, 0) is 37.0 Å². The SMILES string of the molecule is CCc1cnc(CCNC(=NC)NCCCc2ccc(OC)cc2)s1. The molecule has 0 spiro atoms. The summed E-state index contributed by atoms with van der Waals surface area (Å²) in [5.74, 6) is 1.75. The standard InChI is InChI=1S/C19H28N4OS/c1-4-17-14-23-18(25-17)11-13-22-19(20-2)21-12-5-6-15-7-9-16(24-3)10-8-15/h7-10,14H,4-6,11-13H2,1-3H3,(H2,20,21,22). The van der Waals surface area contributed by atoms with Gasteiger partial charge in [0.05, 0.1) is 12.1 Å². The molecule has 1 aromatic carbocycles. The molecule has 0 aliphatic heterocycles. The predicted molar refractivity (Wildman–Crippen MR) is 106 cm³/mol. The quantitative estimate of drug-likeness (QED) is 0.410. The van der Waals surface area contributed by atoms with Crippen LogP contribution >= 0.6 is 11.3 Å². The Balaban J connectivity index is 1.62. The van der Waals surface area contributed by atoms with Crippen LogP contribution in [0.4, 0.5) is 0 Å². The molecule has 0 atom stereocenters. The van der Waals surface area contributed by atoms with Gasteiger partial charge < -0.3 is 15.4 Å². The fourth-order valence-corrected chi connectivity index (χ4v) is 3.29. The number of thiazole rings is 1. The first-order valence-electron chi connectivity index (χ1n) is 8.76. The molecule has 0 aliphatic rings. The van der Waals surface area contributed by atoms with Gasteiger partial charge in [0.1, 0.15) is 5.75 Å². The van der Waals surface area contributed by atoms with Crippen molar-refractivity contribution in [1.29, 1.82) is 0 Å². The zero-order valence-corrected chi connectivity index (χ0v) is 16.2. The molecule has 0 saturated carbocycles. The maximum Gasteiger partial charge on any atom is 0.190 e. The summed E-state index contributed by atoms with van der Waals surface area (Å²) in [6.07, 6.45) is 6.05. The first-order chi connectivity index (χ1) is 12.2. The fourth-order valence-electron chi connectivity index (χ4n) is 2.43. The van der Waals surface area contributed by atoms with E-state index in [0.29, 0.717) is 0 Å². The summed E-state index contributed by atoms with van der Waals surface area (Å²) in [5.41, 5.74) is 1.32. The second-order valence-corrected chi connectivity index (χ2v) is 6.90. The summed E-state index contributed by atoms with van der Waals surface area (Å²) in [4.78, 5) is 10.1. The minimum Gasteiger partial charge on any atom is -0.497 e. The zero-order chi connectivity index (χ0) is 17.9. The van der Waals surface area contributed by atoms with Crippen LogP contribution < -0.4 is 15.4 Å². The number of hydrogen-bond donors (Lipinski definition) is 2. The smallest absolute Gasteiger partial charge is 0.190 e. The molecule has 0 unspecified atom stereocenters. The van der Waals surface area contributed by atoms with Crippen molar-refractivity contribution in [3.05, 3.63) is 45.9 Å². The first-order valence-corrected chi connectivity index (χ1v) is 9.57. The van der Waals surface area contributed by atoms with Gasteiger partial charge in [0.25, 0.3) is 0 Å². The van der Waals surface area contributed by atoms with E-state index in [1.54, 1.807) is 25.5 Å². The van der Waals surface area contributed by atoms with E-state index in [1.165, 1.54) is 15.4 Å². The number of methoxy groups -OCH3 is 1. The summed E-state index contributed by atoms with van der Waals surface area (Å²) in [5, 5.41) is 7.89. The van der Waals surface area contributed by atoms with E-state index < -0.39 is 0 Å². The highest BCUT2D eigenvalue weighted by Crippen LogP contribution is 2.13. The number of benzene rings is 1. The van der Waals surface area contributed by atoms with E-state index in [0.717, 1.165) is 50.5 Å². The van der Waals surface area contributed by atoms with Crippen LogP contribution in [0.2, 0.25) is 0 Å². The number of nitrogens with one attached hydrogen (secondary N) is 2. The van der Waals surface area contributed by atoms with Crippen LogP contribution in [0.15, 0.2) is 35.5 Å². The molecule has 0 radical (unpaired) electrons. The van der Waals surface area contributed by atoms with Crippen LogP contribution in [0, 0.1) is 0 Å². The van der Waals surface area contributed by atoms with Gasteiger partial charge in [-0.3, -0.25) is 4.99 Å². The van der Waals surface area contributed by atoms with Gasteiger partial charge in [-0.1, -0.05) is 19.1 Å². The minimum atomic E-state index is 0.842. The highest BCUT2D eigenvalue weighted by Gasteiger charge is 2.02. The third-order valence-electron chi connectivity index (χ3n) is 3.90. The number of guanidine groups is 1. The lowest BCUT2D eigenvalue weighted by Crippen LogP contribution is -2.38. The van der Waals surface area contributed by atoms with Crippen molar-refractivity contribution in [2.24, 2.45) is 4.99 Å². The van der Waals surface area contributed by atoms with E-state index in [9.17, 15) is 0 Å². The third-order valence-corrected chi connectivity index (χ3v) is 5.10. The van der Waals surface area contributed by atoms with E-state index >= 15 is 0 Å². The van der Waals surface area contributed by atoms with Crippen LogP contribution in [0.5, 0.6) is 5.75 Å². The highest BCUT2D eigenvalue weighted by molar-refractivity contribution is 7.11. The Hall–Kier alpha value is -2.08. The second-order valence-electron chi connectivity index (χ2n) is 5.70. The molecule has 25 heavy (non-hydrogen) atoms. The predicted octanol–water partition coefficient (Wildman–Crippen LogP) is 3.05. The van der Waals surface area contributed by atoms with Crippen molar-refractivity contribution < 1.29 is 4.74 Å². The second kappa shape index (κ2) is 10.7. The lowest BCUT2D eigenvalue weighted by Gasteiger charge is -2.11. The summed E-state index contributed by atoms with van der Waals surface area (Å²) in [6, 6.07) is 8.24.